The van der Waals surface area contributed by atoms with Crippen molar-refractivity contribution in [2.75, 3.05) is 6.61 Å². The van der Waals surface area contributed by atoms with Gasteiger partial charge in [-0.3, -0.25) is 4.79 Å². The smallest absolute Gasteiger partial charge is 0.223 e. The quantitative estimate of drug-likeness (QED) is 0.106. The number of nitrogens with zero attached hydrogens (tertiary/aromatic N) is 1. The van der Waals surface area contributed by atoms with Gasteiger partial charge in [-0.25, -0.2) is 0 Å². The van der Waals surface area contributed by atoms with Gasteiger partial charge in [0.1, 0.15) is 12.4 Å². The van der Waals surface area contributed by atoms with Crippen molar-refractivity contribution in [3.63, 3.8) is 0 Å². The first-order chi connectivity index (χ1) is 21.2. The summed E-state index contributed by atoms with van der Waals surface area (Å²) in [6, 6.07) is 19.5. The molecule has 0 saturated heterocycles. The van der Waals surface area contributed by atoms with Crippen molar-refractivity contribution in [3.8, 4) is 11.5 Å². The van der Waals surface area contributed by atoms with Crippen LogP contribution in [-0.2, 0) is 19.8 Å². The molecule has 0 fully saturated rings. The topological polar surface area (TPSA) is 60.7 Å². The molecule has 0 aliphatic heterocycles. The molecular formula is C38H55NO4. The van der Waals surface area contributed by atoms with E-state index >= 15 is 0 Å². The summed E-state index contributed by atoms with van der Waals surface area (Å²) in [6.45, 7) is 3.67. The molecule has 5 nitrogen and oxygen atoms in total. The van der Waals surface area contributed by atoms with Gasteiger partial charge in [-0.2, -0.15) is 0 Å². The molecule has 1 aromatic heterocycles. The Morgan fingerprint density at radius 2 is 1.21 bits per heavy atom. The Morgan fingerprint density at radius 1 is 0.651 bits per heavy atom. The fraction of sp³-hybridized carbons (Fsp3) is 0.553. The van der Waals surface area contributed by atoms with Gasteiger partial charge in [-0.15, -0.1) is 0 Å². The van der Waals surface area contributed by atoms with Crippen LogP contribution in [0.15, 0.2) is 71.7 Å². The number of hydrogen-bond donors (Lipinski definition) is 1. The third-order valence-electron chi connectivity index (χ3n) is 8.12. The molecule has 0 bridgehead atoms. The van der Waals surface area contributed by atoms with E-state index in [1.807, 2.05) is 59.2 Å². The Morgan fingerprint density at radius 3 is 1.77 bits per heavy atom. The van der Waals surface area contributed by atoms with Crippen LogP contribution in [0, 0.1) is 0 Å². The molecule has 0 saturated carbocycles. The summed E-state index contributed by atoms with van der Waals surface area (Å²) in [4.78, 5) is 12.6. The van der Waals surface area contributed by atoms with Crippen molar-refractivity contribution in [2.45, 2.75) is 129 Å². The molecular weight excluding hydrogens is 534 g/mol. The molecule has 5 heteroatoms. The summed E-state index contributed by atoms with van der Waals surface area (Å²) in [5, 5.41) is 9.85. The van der Waals surface area contributed by atoms with Crippen LogP contribution in [0.1, 0.15) is 126 Å². The number of rotatable bonds is 24. The number of hydrogen-bond acceptors (Lipinski definition) is 4. The third kappa shape index (κ3) is 14.3. The minimum atomic E-state index is -0.201. The maximum absolute atomic E-state index is 12.6. The lowest BCUT2D eigenvalue weighted by Gasteiger charge is -2.15. The standard InChI is InChI=1S/C38H55NO4/c1-2-3-4-5-6-7-8-9-10-11-12-13-14-15-16-20-27-42-38-30-39(35(31-40)28-37(38)41)29-33-23-25-36(26-24-33)43-32-34-21-18-17-19-22-34/h17-19,21-26,28,30,40H,2-16,20,27,29,31-32H2,1H3. The number of ether oxygens (including phenoxy) is 2. The molecule has 2 aromatic carbocycles. The van der Waals surface area contributed by atoms with E-state index in [1.54, 1.807) is 6.20 Å². The largest absolute Gasteiger partial charge is 0.489 e. The van der Waals surface area contributed by atoms with E-state index in [4.69, 9.17) is 9.47 Å². The van der Waals surface area contributed by atoms with Gasteiger partial charge in [-0.05, 0) is 29.7 Å². The Kier molecular flexibility index (Phi) is 17.3. The number of pyridine rings is 1. The van der Waals surface area contributed by atoms with Gasteiger partial charge in [0.05, 0.1) is 19.4 Å². The van der Waals surface area contributed by atoms with Crippen LogP contribution in [-0.4, -0.2) is 16.3 Å². The Balaban J connectivity index is 1.29. The Hall–Kier alpha value is -3.05. The monoisotopic (exact) mass is 589 g/mol. The van der Waals surface area contributed by atoms with Crippen molar-refractivity contribution >= 4 is 0 Å². The van der Waals surface area contributed by atoms with E-state index in [-0.39, 0.29) is 12.0 Å². The highest BCUT2D eigenvalue weighted by Crippen LogP contribution is 2.18. The number of benzene rings is 2. The Labute approximate surface area is 260 Å². The summed E-state index contributed by atoms with van der Waals surface area (Å²) in [5.74, 6) is 1.15. The van der Waals surface area contributed by atoms with Gasteiger partial charge in [0, 0.05) is 18.3 Å². The number of aromatic nitrogens is 1. The van der Waals surface area contributed by atoms with Crippen LogP contribution < -0.4 is 14.9 Å². The van der Waals surface area contributed by atoms with Crippen molar-refractivity contribution in [3.05, 3.63) is 93.9 Å². The summed E-state index contributed by atoms with van der Waals surface area (Å²) in [6.07, 6.45) is 23.0. The van der Waals surface area contributed by atoms with E-state index in [1.165, 1.54) is 96.0 Å². The average Bonchev–Trinajstić information content (AvgIpc) is 3.03. The van der Waals surface area contributed by atoms with Gasteiger partial charge >= 0.3 is 0 Å². The molecule has 1 N–H and O–H groups in total. The van der Waals surface area contributed by atoms with Crippen molar-refractivity contribution in [1.82, 2.24) is 4.57 Å². The summed E-state index contributed by atoms with van der Waals surface area (Å²) in [7, 11) is 0. The van der Waals surface area contributed by atoms with Gasteiger partial charge in [0.15, 0.2) is 5.75 Å². The molecule has 3 aromatic rings. The normalized spacial score (nSPS) is 11.1. The second-order valence-corrected chi connectivity index (χ2v) is 11.8. The van der Waals surface area contributed by atoms with Crippen molar-refractivity contribution in [1.29, 1.82) is 0 Å². The van der Waals surface area contributed by atoms with Crippen LogP contribution in [0.5, 0.6) is 11.5 Å². The zero-order valence-electron chi connectivity index (χ0n) is 26.6. The van der Waals surface area contributed by atoms with Crippen molar-refractivity contribution in [2.24, 2.45) is 0 Å². The first kappa shape index (κ1) is 34.4. The molecule has 236 valence electrons. The molecule has 43 heavy (non-hydrogen) atoms. The molecule has 0 amide bonds. The Bertz CT molecular complexity index is 1170. The molecule has 1 heterocycles. The second-order valence-electron chi connectivity index (χ2n) is 11.8. The maximum atomic E-state index is 12.6. The predicted octanol–water partition coefficient (Wildman–Crippen LogP) is 9.61. The minimum Gasteiger partial charge on any atom is -0.489 e. The molecule has 0 atom stereocenters. The first-order valence-electron chi connectivity index (χ1n) is 16.9. The van der Waals surface area contributed by atoms with E-state index < -0.39 is 0 Å². The highest BCUT2D eigenvalue weighted by atomic mass is 16.5. The second kappa shape index (κ2) is 21.6. The van der Waals surface area contributed by atoms with Gasteiger partial charge < -0.3 is 19.1 Å². The number of aliphatic hydroxyl groups is 1. The van der Waals surface area contributed by atoms with Crippen LogP contribution >= 0.6 is 0 Å². The zero-order chi connectivity index (χ0) is 30.4. The lowest BCUT2D eigenvalue weighted by molar-refractivity contribution is 0.267. The highest BCUT2D eigenvalue weighted by molar-refractivity contribution is 5.29. The fourth-order valence-electron chi connectivity index (χ4n) is 5.45. The van der Waals surface area contributed by atoms with Crippen LogP contribution in [0.25, 0.3) is 0 Å². The van der Waals surface area contributed by atoms with Gasteiger partial charge in [0.2, 0.25) is 5.43 Å². The lowest BCUT2D eigenvalue weighted by Crippen LogP contribution is -2.16. The SMILES string of the molecule is CCCCCCCCCCCCCCCCCCOc1cn(Cc2ccc(OCc3ccccc3)cc2)c(CO)cc1=O. The highest BCUT2D eigenvalue weighted by Gasteiger charge is 2.09. The number of unbranched alkanes of at least 4 members (excludes halogenated alkanes) is 15. The number of aliphatic hydroxyl groups excluding tert-OH is 1. The summed E-state index contributed by atoms with van der Waals surface area (Å²) >= 11 is 0. The molecule has 3 rings (SSSR count). The molecule has 0 aliphatic rings. The van der Waals surface area contributed by atoms with E-state index in [0.717, 1.165) is 29.7 Å². The minimum absolute atomic E-state index is 0.179. The molecule has 0 radical (unpaired) electrons. The van der Waals surface area contributed by atoms with Gasteiger partial charge in [0.25, 0.3) is 0 Å². The van der Waals surface area contributed by atoms with Crippen molar-refractivity contribution < 1.29 is 14.6 Å². The van der Waals surface area contributed by atoms with Crippen LogP contribution in [0.3, 0.4) is 0 Å². The van der Waals surface area contributed by atoms with E-state index in [0.29, 0.717) is 31.2 Å². The van der Waals surface area contributed by atoms with E-state index in [9.17, 15) is 9.90 Å². The zero-order valence-corrected chi connectivity index (χ0v) is 26.6. The van der Waals surface area contributed by atoms with Gasteiger partial charge in [-0.1, -0.05) is 146 Å². The third-order valence-corrected chi connectivity index (χ3v) is 8.12. The van der Waals surface area contributed by atoms with Crippen LogP contribution in [0.2, 0.25) is 0 Å². The van der Waals surface area contributed by atoms with Crippen LogP contribution in [0.4, 0.5) is 0 Å². The molecule has 0 unspecified atom stereocenters. The first-order valence-corrected chi connectivity index (χ1v) is 16.9. The lowest BCUT2D eigenvalue weighted by atomic mass is 10.0. The molecule has 0 spiro atoms. The fourth-order valence-corrected chi connectivity index (χ4v) is 5.45. The average molecular weight is 590 g/mol. The predicted molar refractivity (Wildman–Crippen MR) is 178 cm³/mol. The molecule has 0 aliphatic carbocycles. The summed E-state index contributed by atoms with van der Waals surface area (Å²) < 4.78 is 13.7. The van der Waals surface area contributed by atoms with E-state index in [2.05, 4.69) is 6.92 Å². The summed E-state index contributed by atoms with van der Waals surface area (Å²) in [5.41, 5.74) is 2.57. The maximum Gasteiger partial charge on any atom is 0.223 e.